The summed E-state index contributed by atoms with van der Waals surface area (Å²) in [6.45, 7) is 2.06. The second-order valence-electron chi connectivity index (χ2n) is 3.06. The summed E-state index contributed by atoms with van der Waals surface area (Å²) in [6.07, 6.45) is 0.0713. The van der Waals surface area contributed by atoms with Gasteiger partial charge in [-0.3, -0.25) is 4.79 Å². The van der Waals surface area contributed by atoms with Gasteiger partial charge in [0.15, 0.2) is 0 Å². The number of carbonyl (C=O) groups is 1. The standard InChI is InChI=1S/C11H10ClNO2S/c1-2-15-10(14)5-8-3-7(6-13)4-9(12)11(8)16/h3-4,16H,2,5H2,1H3. The van der Waals surface area contributed by atoms with Crippen LogP contribution in [0.3, 0.4) is 0 Å². The number of carbonyl (C=O) groups excluding carboxylic acids is 1. The molecule has 0 amide bonds. The molecule has 0 radical (unpaired) electrons. The number of nitrogens with zero attached hydrogens (tertiary/aromatic N) is 1. The first kappa shape index (κ1) is 12.9. The molecule has 5 heteroatoms. The van der Waals surface area contributed by atoms with Crippen LogP contribution in [0.5, 0.6) is 0 Å². The lowest BCUT2D eigenvalue weighted by Gasteiger charge is -2.07. The molecular weight excluding hydrogens is 246 g/mol. The molecule has 16 heavy (non-hydrogen) atoms. The first-order chi connectivity index (χ1) is 7.58. The number of esters is 1. The third kappa shape index (κ3) is 3.16. The molecule has 84 valence electrons. The van der Waals surface area contributed by atoms with E-state index < -0.39 is 0 Å². The van der Waals surface area contributed by atoms with Crippen LogP contribution in [-0.2, 0) is 16.0 Å². The molecule has 0 spiro atoms. The van der Waals surface area contributed by atoms with Gasteiger partial charge in [0.2, 0.25) is 0 Å². The van der Waals surface area contributed by atoms with Crippen LogP contribution in [0.4, 0.5) is 0 Å². The number of nitriles is 1. The second-order valence-corrected chi connectivity index (χ2v) is 3.91. The second kappa shape index (κ2) is 5.78. The summed E-state index contributed by atoms with van der Waals surface area (Å²) in [7, 11) is 0. The highest BCUT2D eigenvalue weighted by Gasteiger charge is 2.11. The van der Waals surface area contributed by atoms with Gasteiger partial charge >= 0.3 is 5.97 Å². The number of thiol groups is 1. The van der Waals surface area contributed by atoms with Crippen LogP contribution < -0.4 is 0 Å². The maximum Gasteiger partial charge on any atom is 0.310 e. The monoisotopic (exact) mass is 255 g/mol. The highest BCUT2D eigenvalue weighted by Crippen LogP contribution is 2.26. The molecule has 0 aromatic heterocycles. The number of hydrogen-bond donors (Lipinski definition) is 1. The molecule has 0 aliphatic carbocycles. The summed E-state index contributed by atoms with van der Waals surface area (Å²) in [5.74, 6) is -0.357. The number of rotatable bonds is 3. The van der Waals surface area contributed by atoms with Crippen LogP contribution in [0.1, 0.15) is 18.1 Å². The van der Waals surface area contributed by atoms with E-state index in [1.54, 1.807) is 13.0 Å². The number of halogens is 1. The molecule has 0 saturated heterocycles. The topological polar surface area (TPSA) is 50.1 Å². The van der Waals surface area contributed by atoms with Crippen LogP contribution >= 0.6 is 24.2 Å². The molecule has 1 aromatic rings. The predicted molar refractivity (Wildman–Crippen MR) is 63.8 cm³/mol. The van der Waals surface area contributed by atoms with E-state index in [1.807, 2.05) is 6.07 Å². The SMILES string of the molecule is CCOC(=O)Cc1cc(C#N)cc(Cl)c1S. The molecular formula is C11H10ClNO2S. The lowest BCUT2D eigenvalue weighted by molar-refractivity contribution is -0.142. The molecule has 0 bridgehead atoms. The van der Waals surface area contributed by atoms with Crippen LogP contribution in [0.25, 0.3) is 0 Å². The zero-order valence-corrected chi connectivity index (χ0v) is 10.3. The van der Waals surface area contributed by atoms with Crippen molar-refractivity contribution in [1.82, 2.24) is 0 Å². The van der Waals surface area contributed by atoms with Gasteiger partial charge in [0, 0.05) is 4.90 Å². The van der Waals surface area contributed by atoms with E-state index in [2.05, 4.69) is 12.6 Å². The van der Waals surface area contributed by atoms with Crippen molar-refractivity contribution in [1.29, 1.82) is 5.26 Å². The Morgan fingerprint density at radius 2 is 2.31 bits per heavy atom. The fraction of sp³-hybridized carbons (Fsp3) is 0.273. The Balaban J connectivity index is 3.00. The van der Waals surface area contributed by atoms with Crippen molar-refractivity contribution in [3.8, 4) is 6.07 Å². The Hall–Kier alpha value is -1.18. The van der Waals surface area contributed by atoms with Gasteiger partial charge in [0.25, 0.3) is 0 Å². The van der Waals surface area contributed by atoms with Crippen LogP contribution in [0.2, 0.25) is 5.02 Å². The van der Waals surface area contributed by atoms with Crippen molar-refractivity contribution < 1.29 is 9.53 Å². The van der Waals surface area contributed by atoms with Gasteiger partial charge in [-0.15, -0.1) is 12.6 Å². The maximum absolute atomic E-state index is 11.3. The minimum absolute atomic E-state index is 0.0713. The molecule has 3 nitrogen and oxygen atoms in total. The first-order valence-corrected chi connectivity index (χ1v) is 5.48. The van der Waals surface area contributed by atoms with Crippen LogP contribution in [-0.4, -0.2) is 12.6 Å². The zero-order valence-electron chi connectivity index (χ0n) is 8.66. The van der Waals surface area contributed by atoms with E-state index in [4.69, 9.17) is 21.6 Å². The molecule has 1 rings (SSSR count). The van der Waals surface area contributed by atoms with Crippen LogP contribution in [0, 0.1) is 11.3 Å². The summed E-state index contributed by atoms with van der Waals surface area (Å²) in [5.41, 5.74) is 1.01. The predicted octanol–water partition coefficient (Wildman–Crippen LogP) is 2.61. The van der Waals surface area contributed by atoms with Gasteiger partial charge in [-0.1, -0.05) is 11.6 Å². The quantitative estimate of drug-likeness (QED) is 0.667. The number of ether oxygens (including phenoxy) is 1. The Kier molecular flexibility index (Phi) is 4.66. The van der Waals surface area contributed by atoms with E-state index in [0.29, 0.717) is 27.7 Å². The fourth-order valence-electron chi connectivity index (χ4n) is 1.22. The fourth-order valence-corrected chi connectivity index (χ4v) is 1.67. The van der Waals surface area contributed by atoms with Crippen molar-refractivity contribution in [2.24, 2.45) is 0 Å². The van der Waals surface area contributed by atoms with Gasteiger partial charge in [0.1, 0.15) is 0 Å². The van der Waals surface area contributed by atoms with Crippen molar-refractivity contribution in [3.05, 3.63) is 28.3 Å². The average molecular weight is 256 g/mol. The van der Waals surface area contributed by atoms with E-state index in [9.17, 15) is 4.79 Å². The largest absolute Gasteiger partial charge is 0.466 e. The van der Waals surface area contributed by atoms with Crippen molar-refractivity contribution >= 4 is 30.2 Å². The molecule has 0 aliphatic rings. The molecule has 0 unspecified atom stereocenters. The third-order valence-corrected chi connectivity index (χ3v) is 2.87. The van der Waals surface area contributed by atoms with E-state index in [0.717, 1.165) is 0 Å². The van der Waals surface area contributed by atoms with Crippen molar-refractivity contribution in [2.45, 2.75) is 18.2 Å². The third-order valence-electron chi connectivity index (χ3n) is 1.91. The van der Waals surface area contributed by atoms with Crippen molar-refractivity contribution in [3.63, 3.8) is 0 Å². The van der Waals surface area contributed by atoms with Gasteiger partial charge in [-0.05, 0) is 24.6 Å². The summed E-state index contributed by atoms with van der Waals surface area (Å²) in [4.78, 5) is 11.8. The minimum atomic E-state index is -0.357. The zero-order chi connectivity index (χ0) is 12.1. The molecule has 0 N–H and O–H groups in total. The Morgan fingerprint density at radius 3 is 2.88 bits per heavy atom. The highest BCUT2D eigenvalue weighted by atomic mass is 35.5. The molecule has 0 saturated carbocycles. The number of benzene rings is 1. The Morgan fingerprint density at radius 1 is 1.62 bits per heavy atom. The van der Waals surface area contributed by atoms with Gasteiger partial charge in [-0.2, -0.15) is 5.26 Å². The summed E-state index contributed by atoms with van der Waals surface area (Å²) < 4.78 is 4.82. The van der Waals surface area contributed by atoms with E-state index >= 15 is 0 Å². The molecule has 0 atom stereocenters. The lowest BCUT2D eigenvalue weighted by Crippen LogP contribution is -2.08. The lowest BCUT2D eigenvalue weighted by atomic mass is 10.1. The minimum Gasteiger partial charge on any atom is -0.466 e. The average Bonchev–Trinajstić information content (AvgIpc) is 2.24. The highest BCUT2D eigenvalue weighted by molar-refractivity contribution is 7.80. The normalized spacial score (nSPS) is 9.62. The Bertz CT molecular complexity index is 454. The number of hydrogen-bond acceptors (Lipinski definition) is 4. The molecule has 0 heterocycles. The van der Waals surface area contributed by atoms with Crippen LogP contribution in [0.15, 0.2) is 17.0 Å². The van der Waals surface area contributed by atoms with Gasteiger partial charge in [0.05, 0.1) is 29.7 Å². The smallest absolute Gasteiger partial charge is 0.310 e. The summed E-state index contributed by atoms with van der Waals surface area (Å²) in [5, 5.41) is 9.13. The molecule has 0 aliphatic heterocycles. The molecule has 0 fully saturated rings. The Labute approximate surface area is 104 Å². The van der Waals surface area contributed by atoms with Gasteiger partial charge < -0.3 is 4.74 Å². The molecule has 1 aromatic carbocycles. The first-order valence-electron chi connectivity index (χ1n) is 4.65. The van der Waals surface area contributed by atoms with E-state index in [-0.39, 0.29) is 12.4 Å². The van der Waals surface area contributed by atoms with Crippen molar-refractivity contribution in [2.75, 3.05) is 6.61 Å². The van der Waals surface area contributed by atoms with E-state index in [1.165, 1.54) is 6.07 Å². The maximum atomic E-state index is 11.3. The summed E-state index contributed by atoms with van der Waals surface area (Å²) >= 11 is 10.1. The van der Waals surface area contributed by atoms with Gasteiger partial charge in [-0.25, -0.2) is 0 Å². The summed E-state index contributed by atoms with van der Waals surface area (Å²) in [6, 6.07) is 5.07.